The van der Waals surface area contributed by atoms with E-state index in [2.05, 4.69) is 13.8 Å². The van der Waals surface area contributed by atoms with Crippen molar-refractivity contribution < 1.29 is 56.8 Å². The molecule has 0 saturated carbocycles. The Morgan fingerprint density at radius 3 is 1.40 bits per heavy atom. The summed E-state index contributed by atoms with van der Waals surface area (Å²) in [6.45, 7) is 3.70. The number of unbranched alkanes of at least 4 members (excludes halogenated alkanes) is 32. The molecule has 1 aliphatic heterocycles. The van der Waals surface area contributed by atoms with Gasteiger partial charge < -0.3 is 34.3 Å². The van der Waals surface area contributed by atoms with E-state index in [1.807, 2.05) is 6.08 Å². The van der Waals surface area contributed by atoms with Gasteiger partial charge in [0.2, 0.25) is 0 Å². The zero-order valence-electron chi connectivity index (χ0n) is 41.1. The van der Waals surface area contributed by atoms with Crippen molar-refractivity contribution >= 4 is 22.1 Å². The van der Waals surface area contributed by atoms with Gasteiger partial charge in [0.15, 0.2) is 12.4 Å². The van der Waals surface area contributed by atoms with Crippen LogP contribution in [0, 0.1) is 0 Å². The molecule has 0 aliphatic carbocycles. The lowest BCUT2D eigenvalue weighted by Gasteiger charge is -2.40. The van der Waals surface area contributed by atoms with Gasteiger partial charge in [0, 0.05) is 12.5 Å². The molecule has 0 amide bonds. The number of rotatable bonds is 45. The van der Waals surface area contributed by atoms with Gasteiger partial charge in [-0.15, -0.1) is 0 Å². The van der Waals surface area contributed by atoms with E-state index in [4.69, 9.17) is 18.9 Å². The van der Waals surface area contributed by atoms with Crippen molar-refractivity contribution in [2.24, 2.45) is 0 Å². The van der Waals surface area contributed by atoms with Gasteiger partial charge in [-0.25, -0.2) is 4.79 Å². The molecular weight excluding hydrogens is 849 g/mol. The van der Waals surface area contributed by atoms with Gasteiger partial charge in [-0.2, -0.15) is 8.42 Å². The summed E-state index contributed by atoms with van der Waals surface area (Å²) in [5.74, 6) is -2.23. The Balaban J connectivity index is 2.37. The first kappa shape index (κ1) is 61.1. The van der Waals surface area contributed by atoms with Crippen LogP contribution in [0.15, 0.2) is 24.3 Å². The summed E-state index contributed by atoms with van der Waals surface area (Å²) in [6.07, 6.45) is 40.0. The average Bonchev–Trinajstić information content (AvgIpc) is 3.27. The number of aliphatic hydroxyl groups excluding tert-OH is 3. The minimum Gasteiger partial charge on any atom is -0.458 e. The van der Waals surface area contributed by atoms with E-state index < -0.39 is 71.2 Å². The Morgan fingerprint density at radius 1 is 0.554 bits per heavy atom. The highest BCUT2D eigenvalue weighted by Crippen LogP contribution is 2.24. The van der Waals surface area contributed by atoms with Crippen LogP contribution in [0.3, 0.4) is 0 Å². The molecule has 1 fully saturated rings. The van der Waals surface area contributed by atoms with Gasteiger partial charge in [-0.05, 0) is 19.3 Å². The molecule has 65 heavy (non-hydrogen) atoms. The first-order chi connectivity index (χ1) is 31.5. The number of hydrogen-bond acceptors (Lipinski definition) is 11. The average molecular weight is 945 g/mol. The molecule has 1 heterocycles. The van der Waals surface area contributed by atoms with Crippen LogP contribution in [0.2, 0.25) is 0 Å². The standard InChI is InChI=1S/C52H96O12S/c1-3-5-7-9-11-13-15-17-19-20-21-22-23-24-25-27-29-31-33-35-37-39-41-48(54)63-45(43-62-52-51(57)50(56)49(55)46(64-52)44-65(58,59)60)42-61-47(53)40-38-36-34-32-30-28-26-18-16-14-12-10-8-6-4-2/h34,36,38,40,45-46,49-52,55-57H,3-33,35,37,39,41-44H2,1-2H3,(H,58,59,60)/b36-34+,40-38+/t45-,46-,49-,50?,51?,52+/m1/s1. The quantitative estimate of drug-likeness (QED) is 0.0149. The predicted octanol–water partition coefficient (Wildman–Crippen LogP) is 12.0. The number of carbonyl (C=O) groups is 2. The summed E-state index contributed by atoms with van der Waals surface area (Å²) in [5, 5.41) is 31.0. The van der Waals surface area contributed by atoms with Gasteiger partial charge in [0.05, 0.1) is 6.61 Å². The molecule has 0 aromatic carbocycles. The summed E-state index contributed by atoms with van der Waals surface area (Å²) in [4.78, 5) is 25.4. The van der Waals surface area contributed by atoms with E-state index in [0.29, 0.717) is 6.42 Å². The van der Waals surface area contributed by atoms with Crippen molar-refractivity contribution in [3.63, 3.8) is 0 Å². The molecule has 6 atom stereocenters. The second-order valence-electron chi connectivity index (χ2n) is 18.6. The van der Waals surface area contributed by atoms with Crippen LogP contribution in [0.5, 0.6) is 0 Å². The molecule has 2 unspecified atom stereocenters. The van der Waals surface area contributed by atoms with E-state index in [-0.39, 0.29) is 13.0 Å². The zero-order chi connectivity index (χ0) is 47.6. The highest BCUT2D eigenvalue weighted by atomic mass is 32.2. The van der Waals surface area contributed by atoms with Crippen LogP contribution >= 0.6 is 0 Å². The maximum Gasteiger partial charge on any atom is 0.330 e. The minimum absolute atomic E-state index is 0.150. The third kappa shape index (κ3) is 36.8. The minimum atomic E-state index is -4.61. The molecule has 0 aromatic rings. The van der Waals surface area contributed by atoms with Gasteiger partial charge in [0.1, 0.15) is 36.8 Å². The van der Waals surface area contributed by atoms with Crippen LogP contribution < -0.4 is 0 Å². The van der Waals surface area contributed by atoms with E-state index in [1.165, 1.54) is 186 Å². The summed E-state index contributed by atoms with van der Waals surface area (Å²) in [7, 11) is -4.61. The fourth-order valence-corrected chi connectivity index (χ4v) is 8.99. The van der Waals surface area contributed by atoms with Crippen molar-refractivity contribution in [2.45, 2.75) is 275 Å². The Bertz CT molecular complexity index is 1290. The number of aliphatic hydroxyl groups is 3. The molecule has 1 rings (SSSR count). The fraction of sp³-hybridized carbons (Fsp3) is 0.885. The maximum absolute atomic E-state index is 12.9. The van der Waals surface area contributed by atoms with Gasteiger partial charge in [-0.1, -0.05) is 231 Å². The van der Waals surface area contributed by atoms with E-state index >= 15 is 0 Å². The largest absolute Gasteiger partial charge is 0.458 e. The molecule has 1 saturated heterocycles. The monoisotopic (exact) mass is 945 g/mol. The van der Waals surface area contributed by atoms with Crippen molar-refractivity contribution in [3.8, 4) is 0 Å². The van der Waals surface area contributed by atoms with Crippen LogP contribution in [0.4, 0.5) is 0 Å². The Morgan fingerprint density at radius 2 is 0.969 bits per heavy atom. The molecule has 1 aliphatic rings. The Kier molecular flexibility index (Phi) is 39.7. The number of esters is 2. The maximum atomic E-state index is 12.9. The lowest BCUT2D eigenvalue weighted by atomic mass is 10.00. The smallest absolute Gasteiger partial charge is 0.330 e. The van der Waals surface area contributed by atoms with Crippen molar-refractivity contribution in [1.29, 1.82) is 0 Å². The fourth-order valence-electron chi connectivity index (χ4n) is 8.30. The summed E-state index contributed by atoms with van der Waals surface area (Å²) < 4.78 is 54.1. The summed E-state index contributed by atoms with van der Waals surface area (Å²) >= 11 is 0. The molecule has 13 heteroatoms. The van der Waals surface area contributed by atoms with E-state index in [1.54, 1.807) is 12.2 Å². The van der Waals surface area contributed by atoms with E-state index in [0.717, 1.165) is 32.1 Å². The first-order valence-electron chi connectivity index (χ1n) is 26.4. The van der Waals surface area contributed by atoms with Gasteiger partial charge in [0.25, 0.3) is 10.1 Å². The zero-order valence-corrected chi connectivity index (χ0v) is 41.9. The van der Waals surface area contributed by atoms with Crippen molar-refractivity contribution in [1.82, 2.24) is 0 Å². The molecular formula is C52H96O12S. The topological polar surface area (TPSA) is 186 Å². The van der Waals surface area contributed by atoms with Crippen molar-refractivity contribution in [2.75, 3.05) is 19.0 Å². The van der Waals surface area contributed by atoms with Crippen molar-refractivity contribution in [3.05, 3.63) is 24.3 Å². The first-order valence-corrected chi connectivity index (χ1v) is 28.0. The lowest BCUT2D eigenvalue weighted by Crippen LogP contribution is -2.60. The lowest BCUT2D eigenvalue weighted by molar-refractivity contribution is -0.297. The highest BCUT2D eigenvalue weighted by molar-refractivity contribution is 7.85. The number of hydrogen-bond donors (Lipinski definition) is 4. The number of allylic oxidation sites excluding steroid dienone is 3. The third-order valence-corrected chi connectivity index (χ3v) is 13.1. The molecule has 0 bridgehead atoms. The Hall–Kier alpha value is -1.87. The molecule has 4 N–H and O–H groups in total. The van der Waals surface area contributed by atoms with E-state index in [9.17, 15) is 37.9 Å². The Labute approximate surface area is 396 Å². The van der Waals surface area contributed by atoms with Gasteiger partial charge in [-0.3, -0.25) is 9.35 Å². The normalized spacial score (nSPS) is 19.6. The predicted molar refractivity (Wildman–Crippen MR) is 261 cm³/mol. The molecule has 0 radical (unpaired) electrons. The number of carbonyl (C=O) groups excluding carboxylic acids is 2. The second kappa shape index (κ2) is 42.2. The van der Waals surface area contributed by atoms with Crippen LogP contribution in [0.1, 0.15) is 239 Å². The molecule has 382 valence electrons. The molecule has 12 nitrogen and oxygen atoms in total. The summed E-state index contributed by atoms with van der Waals surface area (Å²) in [5.41, 5.74) is 0. The number of ether oxygens (including phenoxy) is 4. The summed E-state index contributed by atoms with van der Waals surface area (Å²) in [6, 6.07) is 0. The third-order valence-electron chi connectivity index (χ3n) is 12.4. The van der Waals surface area contributed by atoms with Crippen LogP contribution in [-0.4, -0.2) is 96.0 Å². The second-order valence-corrected chi connectivity index (χ2v) is 20.1. The van der Waals surface area contributed by atoms with Gasteiger partial charge >= 0.3 is 11.9 Å². The van der Waals surface area contributed by atoms with Crippen LogP contribution in [0.25, 0.3) is 0 Å². The SMILES string of the molecule is CCCCCCCCCCCCC/C=C/C=C/C(=O)OC[C@H](CO[C@H]1O[C@H](CS(=O)(=O)O)[C@@H](O)C(O)C1O)OC(=O)CCCCCCCCCCCCCCCCCCCCCCCC. The highest BCUT2D eigenvalue weighted by Gasteiger charge is 2.46. The molecule has 0 spiro atoms. The molecule has 0 aromatic heterocycles. The van der Waals surface area contributed by atoms with Crippen LogP contribution in [-0.2, 0) is 38.7 Å².